The Morgan fingerprint density at radius 2 is 1.81 bits per heavy atom. The van der Waals surface area contributed by atoms with Gasteiger partial charge in [0, 0.05) is 11.6 Å². The Morgan fingerprint density at radius 1 is 1.03 bits per heavy atom. The summed E-state index contributed by atoms with van der Waals surface area (Å²) in [5.41, 5.74) is 2.99. The molecule has 4 aromatic rings. The second-order valence-corrected chi connectivity index (χ2v) is 10.1. The van der Waals surface area contributed by atoms with Crippen LogP contribution in [0.25, 0.3) is 11.0 Å². The summed E-state index contributed by atoms with van der Waals surface area (Å²) >= 11 is 6.35. The van der Waals surface area contributed by atoms with Crippen LogP contribution < -0.4 is 10.2 Å². The highest BCUT2D eigenvalue weighted by Crippen LogP contribution is 2.40. The van der Waals surface area contributed by atoms with Crippen molar-refractivity contribution >= 4 is 28.5 Å². The van der Waals surface area contributed by atoms with E-state index in [0.717, 1.165) is 23.1 Å². The Hall–Kier alpha value is -3.57. The van der Waals surface area contributed by atoms with E-state index in [1.165, 1.54) is 0 Å². The number of hydrogen-bond acceptors (Lipinski definition) is 4. The molecule has 0 saturated heterocycles. The number of aryl methyl sites for hydroxylation is 1. The minimum absolute atomic E-state index is 0.0845. The molecule has 0 spiro atoms. The largest absolute Gasteiger partial charge is 0.494 e. The van der Waals surface area contributed by atoms with E-state index in [1.807, 2.05) is 61.5 Å². The number of fused-ring (bicyclic) bond motifs is 2. The van der Waals surface area contributed by atoms with Gasteiger partial charge >= 0.3 is 0 Å². The molecule has 1 atom stereocenters. The Bertz CT molecular complexity index is 1490. The van der Waals surface area contributed by atoms with Crippen LogP contribution in [0.5, 0.6) is 5.75 Å². The molecule has 0 saturated carbocycles. The van der Waals surface area contributed by atoms with Crippen LogP contribution >= 0.6 is 11.6 Å². The lowest BCUT2D eigenvalue weighted by Gasteiger charge is -2.25. The third kappa shape index (κ3) is 4.51. The average Bonchev–Trinajstić information content (AvgIpc) is 3.13. The molecular weight excluding hydrogens is 474 g/mol. The fraction of sp³-hybridized carbons (Fsp3) is 0.267. The first kappa shape index (κ1) is 24.1. The van der Waals surface area contributed by atoms with Gasteiger partial charge in [-0.1, -0.05) is 67.9 Å². The first-order valence-electron chi connectivity index (χ1n) is 12.2. The number of amides is 1. The first-order chi connectivity index (χ1) is 17.3. The Balaban J connectivity index is 1.64. The number of ether oxygens (including phenoxy) is 1. The lowest BCUT2D eigenvalue weighted by molar-refractivity contribution is 0.0714. The van der Waals surface area contributed by atoms with Gasteiger partial charge in [-0.2, -0.15) is 0 Å². The number of nitrogens with zero attached hydrogens (tertiary/aromatic N) is 1. The van der Waals surface area contributed by atoms with Crippen molar-refractivity contribution in [2.75, 3.05) is 6.61 Å². The third-order valence-electron chi connectivity index (χ3n) is 6.58. The molecule has 0 bridgehead atoms. The number of carbonyl (C=O) groups excluding carboxylic acids is 1. The van der Waals surface area contributed by atoms with Gasteiger partial charge < -0.3 is 14.1 Å². The van der Waals surface area contributed by atoms with Crippen LogP contribution in [0.15, 0.2) is 75.9 Å². The van der Waals surface area contributed by atoms with Crippen molar-refractivity contribution in [3.63, 3.8) is 0 Å². The minimum Gasteiger partial charge on any atom is -0.494 e. The second-order valence-electron chi connectivity index (χ2n) is 9.70. The lowest BCUT2D eigenvalue weighted by atomic mass is 9.97. The van der Waals surface area contributed by atoms with Gasteiger partial charge in [0.15, 0.2) is 5.43 Å². The molecule has 1 aliphatic rings. The van der Waals surface area contributed by atoms with Crippen LogP contribution in [-0.2, 0) is 6.54 Å². The van der Waals surface area contributed by atoms with E-state index in [4.69, 9.17) is 20.8 Å². The molecule has 5 nitrogen and oxygen atoms in total. The lowest BCUT2D eigenvalue weighted by Crippen LogP contribution is -2.29. The molecule has 6 heteroatoms. The van der Waals surface area contributed by atoms with Crippen LogP contribution in [0.2, 0.25) is 5.02 Å². The molecule has 2 heterocycles. The van der Waals surface area contributed by atoms with Crippen molar-refractivity contribution in [1.82, 2.24) is 4.90 Å². The summed E-state index contributed by atoms with van der Waals surface area (Å²) in [6, 6.07) is 20.1. The maximum Gasteiger partial charge on any atom is 0.291 e. The zero-order chi connectivity index (χ0) is 25.4. The smallest absolute Gasteiger partial charge is 0.291 e. The summed E-state index contributed by atoms with van der Waals surface area (Å²) in [6.07, 6.45) is 0.935. The Kier molecular flexibility index (Phi) is 6.59. The van der Waals surface area contributed by atoms with Gasteiger partial charge in [-0.25, -0.2) is 0 Å². The van der Waals surface area contributed by atoms with E-state index in [1.54, 1.807) is 17.0 Å². The van der Waals surface area contributed by atoms with Gasteiger partial charge in [-0.15, -0.1) is 0 Å². The Morgan fingerprint density at radius 3 is 2.56 bits per heavy atom. The van der Waals surface area contributed by atoms with Gasteiger partial charge in [-0.05, 0) is 60.2 Å². The molecule has 0 aliphatic carbocycles. The topological polar surface area (TPSA) is 59.8 Å². The number of hydrogen-bond donors (Lipinski definition) is 0. The zero-order valence-electron chi connectivity index (χ0n) is 20.6. The van der Waals surface area contributed by atoms with E-state index in [2.05, 4.69) is 13.8 Å². The summed E-state index contributed by atoms with van der Waals surface area (Å²) in [6.45, 7) is 7.08. The fourth-order valence-corrected chi connectivity index (χ4v) is 4.78. The van der Waals surface area contributed by atoms with Crippen LogP contribution in [0.1, 0.15) is 59.1 Å². The minimum atomic E-state index is -0.609. The van der Waals surface area contributed by atoms with Crippen molar-refractivity contribution in [3.8, 4) is 5.75 Å². The van der Waals surface area contributed by atoms with Crippen molar-refractivity contribution in [3.05, 3.63) is 110 Å². The summed E-state index contributed by atoms with van der Waals surface area (Å²) in [5, 5.41) is 0.852. The normalized spacial score (nSPS) is 15.1. The van der Waals surface area contributed by atoms with Crippen LogP contribution in [0.3, 0.4) is 0 Å². The maximum absolute atomic E-state index is 13.8. The van der Waals surface area contributed by atoms with E-state index in [9.17, 15) is 9.59 Å². The monoisotopic (exact) mass is 501 g/mol. The van der Waals surface area contributed by atoms with Gasteiger partial charge in [-0.3, -0.25) is 9.59 Å². The van der Waals surface area contributed by atoms with E-state index < -0.39 is 6.04 Å². The molecule has 3 aromatic carbocycles. The quantitative estimate of drug-likeness (QED) is 0.275. The fourth-order valence-electron chi connectivity index (χ4n) is 4.62. The van der Waals surface area contributed by atoms with Gasteiger partial charge in [0.1, 0.15) is 11.3 Å². The third-order valence-corrected chi connectivity index (χ3v) is 6.99. The number of carbonyl (C=O) groups is 1. The molecular formula is C30H28ClNO4. The molecule has 184 valence electrons. The first-order valence-corrected chi connectivity index (χ1v) is 12.6. The van der Waals surface area contributed by atoms with Gasteiger partial charge in [0.25, 0.3) is 5.91 Å². The van der Waals surface area contributed by atoms with Crippen LogP contribution in [0.4, 0.5) is 0 Å². The second kappa shape index (κ2) is 9.82. The van der Waals surface area contributed by atoms with Gasteiger partial charge in [0.05, 0.1) is 23.6 Å². The predicted octanol–water partition coefficient (Wildman–Crippen LogP) is 6.93. The Labute approximate surface area is 215 Å². The summed E-state index contributed by atoms with van der Waals surface area (Å²) in [5.74, 6) is 1.01. The van der Waals surface area contributed by atoms with Crippen LogP contribution in [-0.4, -0.2) is 17.4 Å². The SMILES string of the molecule is Cc1cc2oc3c(c(=O)c2cc1Cl)C(c1cccc(OCCC(C)C)c1)N(Cc1ccccc1)C3=O. The zero-order valence-corrected chi connectivity index (χ0v) is 21.3. The molecule has 1 aromatic heterocycles. The molecule has 5 rings (SSSR count). The highest BCUT2D eigenvalue weighted by Gasteiger charge is 2.42. The molecule has 1 aliphatic heterocycles. The number of halogens is 1. The van der Waals surface area contributed by atoms with Gasteiger partial charge in [0.2, 0.25) is 5.76 Å². The van der Waals surface area contributed by atoms with Crippen molar-refractivity contribution in [1.29, 1.82) is 0 Å². The summed E-state index contributed by atoms with van der Waals surface area (Å²) < 4.78 is 12.1. The maximum atomic E-state index is 13.8. The van der Waals surface area contributed by atoms with Crippen LogP contribution in [0, 0.1) is 12.8 Å². The standard InChI is InChI=1S/C30H28ClNO4/c1-18(2)12-13-35-22-11-7-10-21(15-22)27-26-28(33)23-16-24(31)19(3)14-25(23)36-29(26)30(34)32(27)17-20-8-5-4-6-9-20/h4-11,14-16,18,27H,12-13,17H2,1-3H3. The molecule has 0 radical (unpaired) electrons. The van der Waals surface area contributed by atoms with Crippen molar-refractivity contribution < 1.29 is 13.9 Å². The number of benzene rings is 3. The molecule has 0 fully saturated rings. The highest BCUT2D eigenvalue weighted by molar-refractivity contribution is 6.32. The van der Waals surface area contributed by atoms with E-state index in [-0.39, 0.29) is 17.1 Å². The van der Waals surface area contributed by atoms with Crippen molar-refractivity contribution in [2.45, 2.75) is 39.8 Å². The molecule has 1 unspecified atom stereocenters. The molecule has 0 N–H and O–H groups in total. The van der Waals surface area contributed by atoms with Crippen molar-refractivity contribution in [2.24, 2.45) is 5.92 Å². The summed E-state index contributed by atoms with van der Waals surface area (Å²) in [4.78, 5) is 29.2. The van der Waals surface area contributed by atoms with E-state index in [0.29, 0.717) is 46.4 Å². The molecule has 1 amide bonds. The highest BCUT2D eigenvalue weighted by atomic mass is 35.5. The molecule has 36 heavy (non-hydrogen) atoms. The number of rotatable bonds is 7. The average molecular weight is 502 g/mol. The summed E-state index contributed by atoms with van der Waals surface area (Å²) in [7, 11) is 0. The van der Waals surface area contributed by atoms with E-state index >= 15 is 0 Å². The predicted molar refractivity (Wildman–Crippen MR) is 142 cm³/mol.